The summed E-state index contributed by atoms with van der Waals surface area (Å²) < 4.78 is 1.02. The van der Waals surface area contributed by atoms with E-state index in [1.165, 1.54) is 0 Å². The number of halogens is 1. The molecular formula is C17H16BrN3O. The average Bonchev–Trinajstić information content (AvgIpc) is 2.54. The molecule has 0 aliphatic rings. The zero-order valence-electron chi connectivity index (χ0n) is 12.1. The maximum absolute atomic E-state index is 12.0. The van der Waals surface area contributed by atoms with Crippen LogP contribution in [-0.4, -0.2) is 12.5 Å². The summed E-state index contributed by atoms with van der Waals surface area (Å²) >= 11 is 3.40. The molecular weight excluding hydrogens is 342 g/mol. The van der Waals surface area contributed by atoms with Gasteiger partial charge in [-0.05, 0) is 36.8 Å². The molecule has 0 saturated carbocycles. The molecule has 4 nitrogen and oxygen atoms in total. The van der Waals surface area contributed by atoms with Gasteiger partial charge in [-0.1, -0.05) is 40.2 Å². The molecule has 0 heterocycles. The molecule has 0 aliphatic heterocycles. The van der Waals surface area contributed by atoms with Crippen LogP contribution in [0.2, 0.25) is 0 Å². The van der Waals surface area contributed by atoms with E-state index >= 15 is 0 Å². The van der Waals surface area contributed by atoms with E-state index in [1.807, 2.05) is 31.2 Å². The minimum atomic E-state index is -0.174. The van der Waals surface area contributed by atoms with Crippen molar-refractivity contribution in [1.82, 2.24) is 5.32 Å². The first kappa shape index (κ1) is 16.2. The molecule has 112 valence electrons. The normalized spacial score (nSPS) is 11.5. The predicted octanol–water partition coefficient (Wildman–Crippen LogP) is 3.61. The first-order chi connectivity index (χ1) is 10.6. The summed E-state index contributed by atoms with van der Waals surface area (Å²) in [5.74, 6) is -0.174. The van der Waals surface area contributed by atoms with Gasteiger partial charge in [-0.25, -0.2) is 0 Å². The van der Waals surface area contributed by atoms with E-state index in [0.717, 1.165) is 10.0 Å². The highest BCUT2D eigenvalue weighted by Gasteiger charge is 2.09. The SMILES string of the molecule is CC(NCC(=O)Nc1ccccc1C#N)c1ccc(Br)cc1. The molecule has 0 aliphatic carbocycles. The van der Waals surface area contributed by atoms with E-state index in [1.54, 1.807) is 24.3 Å². The van der Waals surface area contributed by atoms with Gasteiger partial charge in [-0.3, -0.25) is 4.79 Å². The largest absolute Gasteiger partial charge is 0.324 e. The molecule has 0 spiro atoms. The topological polar surface area (TPSA) is 64.9 Å². The number of anilines is 1. The summed E-state index contributed by atoms with van der Waals surface area (Å²) in [5.41, 5.74) is 2.10. The molecule has 2 N–H and O–H groups in total. The van der Waals surface area contributed by atoms with Gasteiger partial charge < -0.3 is 10.6 Å². The Balaban J connectivity index is 1.90. The third-order valence-corrected chi connectivity index (χ3v) is 3.79. The maximum atomic E-state index is 12.0. The Morgan fingerprint density at radius 2 is 1.91 bits per heavy atom. The van der Waals surface area contributed by atoms with Crippen molar-refractivity contribution >= 4 is 27.5 Å². The fraction of sp³-hybridized carbons (Fsp3) is 0.176. The number of carbonyl (C=O) groups excluding carboxylic acids is 1. The lowest BCUT2D eigenvalue weighted by molar-refractivity contribution is -0.115. The fourth-order valence-corrected chi connectivity index (χ4v) is 2.26. The van der Waals surface area contributed by atoms with Gasteiger partial charge in [0.2, 0.25) is 5.91 Å². The summed E-state index contributed by atoms with van der Waals surface area (Å²) in [7, 11) is 0. The molecule has 5 heteroatoms. The second-order valence-corrected chi connectivity index (χ2v) is 5.78. The highest BCUT2D eigenvalue weighted by atomic mass is 79.9. The van der Waals surface area contributed by atoms with Crippen molar-refractivity contribution in [2.75, 3.05) is 11.9 Å². The highest BCUT2D eigenvalue weighted by Crippen LogP contribution is 2.16. The van der Waals surface area contributed by atoms with Crippen LogP contribution < -0.4 is 10.6 Å². The molecule has 1 amide bonds. The molecule has 0 radical (unpaired) electrons. The third kappa shape index (κ3) is 4.42. The minimum absolute atomic E-state index is 0.0602. The van der Waals surface area contributed by atoms with Gasteiger partial charge in [-0.2, -0.15) is 5.26 Å². The summed E-state index contributed by atoms with van der Waals surface area (Å²) in [6.07, 6.45) is 0. The number of para-hydroxylation sites is 1. The van der Waals surface area contributed by atoms with Crippen molar-refractivity contribution in [2.45, 2.75) is 13.0 Å². The zero-order valence-corrected chi connectivity index (χ0v) is 13.7. The van der Waals surface area contributed by atoms with Crippen LogP contribution in [0.1, 0.15) is 24.1 Å². The molecule has 2 rings (SSSR count). The van der Waals surface area contributed by atoms with Crippen LogP contribution in [0.3, 0.4) is 0 Å². The molecule has 0 fully saturated rings. The van der Waals surface area contributed by atoms with Crippen LogP contribution in [0.25, 0.3) is 0 Å². The van der Waals surface area contributed by atoms with Crippen molar-refractivity contribution < 1.29 is 4.79 Å². The van der Waals surface area contributed by atoms with Crippen LogP contribution in [0, 0.1) is 11.3 Å². The van der Waals surface area contributed by atoms with Crippen LogP contribution in [0.5, 0.6) is 0 Å². The van der Waals surface area contributed by atoms with Gasteiger partial charge in [0.15, 0.2) is 0 Å². The van der Waals surface area contributed by atoms with E-state index in [2.05, 4.69) is 32.6 Å². The van der Waals surface area contributed by atoms with Crippen molar-refractivity contribution in [3.63, 3.8) is 0 Å². The molecule has 0 bridgehead atoms. The number of rotatable bonds is 5. The van der Waals surface area contributed by atoms with Crippen molar-refractivity contribution in [2.24, 2.45) is 0 Å². The minimum Gasteiger partial charge on any atom is -0.324 e. The van der Waals surface area contributed by atoms with Crippen molar-refractivity contribution in [3.8, 4) is 6.07 Å². The van der Waals surface area contributed by atoms with Gasteiger partial charge in [0.25, 0.3) is 0 Å². The first-order valence-electron chi connectivity index (χ1n) is 6.88. The Morgan fingerprint density at radius 1 is 1.23 bits per heavy atom. The van der Waals surface area contributed by atoms with Crippen LogP contribution >= 0.6 is 15.9 Å². The Labute approximate surface area is 138 Å². The van der Waals surface area contributed by atoms with Crippen molar-refractivity contribution in [3.05, 3.63) is 64.1 Å². The quantitative estimate of drug-likeness (QED) is 0.858. The molecule has 0 saturated heterocycles. The van der Waals surface area contributed by atoms with Crippen LogP contribution in [0.4, 0.5) is 5.69 Å². The van der Waals surface area contributed by atoms with Gasteiger partial charge in [0.1, 0.15) is 6.07 Å². The number of nitrogens with one attached hydrogen (secondary N) is 2. The molecule has 2 aromatic carbocycles. The standard InChI is InChI=1S/C17H16BrN3O/c1-12(13-6-8-15(18)9-7-13)20-11-17(22)21-16-5-3-2-4-14(16)10-19/h2-9,12,20H,11H2,1H3,(H,21,22). The lowest BCUT2D eigenvalue weighted by atomic mass is 10.1. The number of nitrogens with zero attached hydrogens (tertiary/aromatic N) is 1. The first-order valence-corrected chi connectivity index (χ1v) is 7.67. The van der Waals surface area contributed by atoms with E-state index in [4.69, 9.17) is 5.26 Å². The number of amides is 1. The summed E-state index contributed by atoms with van der Waals surface area (Å²) in [5, 5.41) is 14.9. The average molecular weight is 358 g/mol. The molecule has 0 aromatic heterocycles. The van der Waals surface area contributed by atoms with Crippen LogP contribution in [-0.2, 0) is 4.79 Å². The lowest BCUT2D eigenvalue weighted by Crippen LogP contribution is -2.30. The highest BCUT2D eigenvalue weighted by molar-refractivity contribution is 9.10. The maximum Gasteiger partial charge on any atom is 0.238 e. The van der Waals surface area contributed by atoms with E-state index in [-0.39, 0.29) is 18.5 Å². The Kier molecular flexibility index (Phi) is 5.70. The number of carbonyl (C=O) groups is 1. The molecule has 1 unspecified atom stereocenters. The Morgan fingerprint density at radius 3 is 2.59 bits per heavy atom. The smallest absolute Gasteiger partial charge is 0.238 e. The van der Waals surface area contributed by atoms with E-state index in [9.17, 15) is 4.79 Å². The summed E-state index contributed by atoms with van der Waals surface area (Å²) in [4.78, 5) is 12.0. The number of benzene rings is 2. The van der Waals surface area contributed by atoms with Gasteiger partial charge >= 0.3 is 0 Å². The summed E-state index contributed by atoms with van der Waals surface area (Å²) in [6, 6.07) is 17.0. The van der Waals surface area contributed by atoms with Crippen molar-refractivity contribution in [1.29, 1.82) is 5.26 Å². The van der Waals surface area contributed by atoms with Gasteiger partial charge in [0, 0.05) is 10.5 Å². The van der Waals surface area contributed by atoms with Gasteiger partial charge in [-0.15, -0.1) is 0 Å². The zero-order chi connectivity index (χ0) is 15.9. The molecule has 2 aromatic rings. The third-order valence-electron chi connectivity index (χ3n) is 3.26. The number of hydrogen-bond acceptors (Lipinski definition) is 3. The van der Waals surface area contributed by atoms with E-state index < -0.39 is 0 Å². The Bertz CT molecular complexity index is 692. The lowest BCUT2D eigenvalue weighted by Gasteiger charge is -2.14. The second-order valence-electron chi connectivity index (χ2n) is 4.86. The monoisotopic (exact) mass is 357 g/mol. The fourth-order valence-electron chi connectivity index (χ4n) is 2.00. The van der Waals surface area contributed by atoms with Gasteiger partial charge in [0.05, 0.1) is 17.8 Å². The molecule has 22 heavy (non-hydrogen) atoms. The molecule has 1 atom stereocenters. The second kappa shape index (κ2) is 7.74. The predicted molar refractivity (Wildman–Crippen MR) is 90.3 cm³/mol. The van der Waals surface area contributed by atoms with E-state index in [0.29, 0.717) is 11.3 Å². The number of hydrogen-bond donors (Lipinski definition) is 2. The number of nitriles is 1. The Hall–Kier alpha value is -2.16. The van der Waals surface area contributed by atoms with Crippen LogP contribution in [0.15, 0.2) is 53.0 Å². The summed E-state index contributed by atoms with van der Waals surface area (Å²) in [6.45, 7) is 2.18.